The number of carbonyl (C=O) groups is 2. The Bertz CT molecular complexity index is 595. The van der Waals surface area contributed by atoms with Crippen molar-refractivity contribution in [1.29, 1.82) is 0 Å². The number of aliphatic carboxylic acids is 1. The van der Waals surface area contributed by atoms with E-state index in [0.717, 1.165) is 116 Å². The second-order valence-electron chi connectivity index (χ2n) is 12.7. The van der Waals surface area contributed by atoms with Crippen molar-refractivity contribution in [3.8, 4) is 0 Å². The molecule has 0 heterocycles. The maximum Gasteiger partial charge on any atom is 0.345 e. The van der Waals surface area contributed by atoms with E-state index in [1.54, 1.807) is 0 Å². The molecule has 3 N–H and O–H groups in total. The molecule has 0 aromatic carbocycles. The summed E-state index contributed by atoms with van der Waals surface area (Å²) in [6.07, 6.45) is 28.8. The lowest BCUT2D eigenvalue weighted by Crippen LogP contribution is -2.27. The summed E-state index contributed by atoms with van der Waals surface area (Å²) >= 11 is 0. The van der Waals surface area contributed by atoms with Gasteiger partial charge >= 0.3 is 11.9 Å². The number of carbonyl (C=O) groups excluding carboxylic acids is 1. The van der Waals surface area contributed by atoms with Crippen LogP contribution in [-0.4, -0.2) is 45.6 Å². The van der Waals surface area contributed by atoms with Crippen LogP contribution in [0.1, 0.15) is 200 Å². The van der Waals surface area contributed by atoms with Crippen molar-refractivity contribution in [3.63, 3.8) is 0 Å². The zero-order valence-electron chi connectivity index (χ0n) is 27.8. The molecule has 250 valence electrons. The lowest BCUT2D eigenvalue weighted by molar-refractivity contribution is -0.164. The number of aliphatic hydroxyl groups is 2. The zero-order chi connectivity index (χ0) is 31.1. The Morgan fingerprint density at radius 1 is 0.476 bits per heavy atom. The van der Waals surface area contributed by atoms with Crippen molar-refractivity contribution in [2.24, 2.45) is 0 Å². The maximum atomic E-state index is 12.2. The number of rotatable bonds is 33. The molecule has 6 nitrogen and oxygen atoms in total. The fourth-order valence-electron chi connectivity index (χ4n) is 5.66. The standard InChI is InChI=1S/C36H70O6/c1-3-5-7-20-26-32(37)28-22-16-12-9-10-15-19-25-31-35(39)42-34(36(40)41)30-24-18-14-11-13-17-23-29-33(38)27-21-8-6-4-2/h32-34,37-38H,3-31H2,1-2H3,(H,40,41). The summed E-state index contributed by atoms with van der Waals surface area (Å²) in [6.45, 7) is 4.41. The van der Waals surface area contributed by atoms with E-state index in [2.05, 4.69) is 13.8 Å². The lowest BCUT2D eigenvalue weighted by atomic mass is 10.0. The first-order valence-electron chi connectivity index (χ1n) is 18.2. The summed E-state index contributed by atoms with van der Waals surface area (Å²) in [4.78, 5) is 23.7. The third-order valence-electron chi connectivity index (χ3n) is 8.50. The second kappa shape index (κ2) is 31.3. The molecule has 0 fully saturated rings. The number of unbranched alkanes of at least 4 members (excludes halogenated alkanes) is 19. The highest BCUT2D eigenvalue weighted by Crippen LogP contribution is 2.17. The number of hydrogen-bond acceptors (Lipinski definition) is 5. The lowest BCUT2D eigenvalue weighted by Gasteiger charge is -2.14. The number of hydrogen-bond donors (Lipinski definition) is 3. The molecule has 3 unspecified atom stereocenters. The summed E-state index contributed by atoms with van der Waals surface area (Å²) < 4.78 is 5.28. The van der Waals surface area contributed by atoms with Gasteiger partial charge in [-0.1, -0.05) is 149 Å². The molecule has 42 heavy (non-hydrogen) atoms. The van der Waals surface area contributed by atoms with Gasteiger partial charge in [0.1, 0.15) is 0 Å². The minimum atomic E-state index is -1.04. The fraction of sp³-hybridized carbons (Fsp3) is 0.944. The van der Waals surface area contributed by atoms with Crippen molar-refractivity contribution >= 4 is 11.9 Å². The van der Waals surface area contributed by atoms with Crippen molar-refractivity contribution < 1.29 is 29.6 Å². The smallest absolute Gasteiger partial charge is 0.345 e. The highest BCUT2D eigenvalue weighted by Gasteiger charge is 2.21. The molecule has 0 aliphatic heterocycles. The molecule has 0 spiro atoms. The number of esters is 1. The Labute approximate surface area is 259 Å². The van der Waals surface area contributed by atoms with E-state index < -0.39 is 12.1 Å². The number of carboxylic acids is 1. The van der Waals surface area contributed by atoms with Crippen LogP contribution in [0.4, 0.5) is 0 Å². The van der Waals surface area contributed by atoms with E-state index in [4.69, 9.17) is 4.74 Å². The van der Waals surface area contributed by atoms with E-state index in [1.165, 1.54) is 57.8 Å². The summed E-state index contributed by atoms with van der Waals surface area (Å²) in [5, 5.41) is 29.5. The molecular formula is C36H70O6. The van der Waals surface area contributed by atoms with E-state index in [-0.39, 0.29) is 18.2 Å². The quantitative estimate of drug-likeness (QED) is 0.0513. The van der Waals surface area contributed by atoms with Gasteiger partial charge in [-0.05, 0) is 44.9 Å². The number of aliphatic hydroxyl groups excluding tert-OH is 2. The first-order chi connectivity index (χ1) is 20.4. The van der Waals surface area contributed by atoms with E-state index in [0.29, 0.717) is 12.8 Å². The largest absolute Gasteiger partial charge is 0.479 e. The number of ether oxygens (including phenoxy) is 1. The molecule has 0 amide bonds. The molecule has 0 aromatic rings. The molecule has 0 rings (SSSR count). The molecular weight excluding hydrogens is 528 g/mol. The Kier molecular flexibility index (Phi) is 30.4. The van der Waals surface area contributed by atoms with Gasteiger partial charge in [0.25, 0.3) is 0 Å². The van der Waals surface area contributed by atoms with Crippen LogP contribution in [0.25, 0.3) is 0 Å². The Hall–Kier alpha value is -1.14. The topological polar surface area (TPSA) is 104 Å². The van der Waals surface area contributed by atoms with Crippen LogP contribution in [0, 0.1) is 0 Å². The highest BCUT2D eigenvalue weighted by atomic mass is 16.6. The van der Waals surface area contributed by atoms with Crippen molar-refractivity contribution in [2.75, 3.05) is 0 Å². The van der Waals surface area contributed by atoms with Gasteiger partial charge in [0.05, 0.1) is 12.2 Å². The monoisotopic (exact) mass is 599 g/mol. The molecule has 6 heteroatoms. The van der Waals surface area contributed by atoms with Crippen LogP contribution in [0.3, 0.4) is 0 Å². The molecule has 0 saturated carbocycles. The average molecular weight is 599 g/mol. The Balaban J connectivity index is 3.63. The molecule has 0 radical (unpaired) electrons. The van der Waals surface area contributed by atoms with Gasteiger partial charge < -0.3 is 20.1 Å². The highest BCUT2D eigenvalue weighted by molar-refractivity contribution is 5.77. The van der Waals surface area contributed by atoms with Gasteiger partial charge in [-0.2, -0.15) is 0 Å². The molecule has 0 aliphatic rings. The number of carboxylic acid groups (broad SMARTS) is 1. The van der Waals surface area contributed by atoms with Crippen LogP contribution in [0.15, 0.2) is 0 Å². The van der Waals surface area contributed by atoms with Crippen LogP contribution in [0.2, 0.25) is 0 Å². The van der Waals surface area contributed by atoms with Crippen LogP contribution >= 0.6 is 0 Å². The molecule has 0 aromatic heterocycles. The van der Waals surface area contributed by atoms with Gasteiger partial charge in [0.2, 0.25) is 0 Å². The predicted octanol–water partition coefficient (Wildman–Crippen LogP) is 10.1. The molecule has 0 bridgehead atoms. The van der Waals surface area contributed by atoms with Gasteiger partial charge in [0.15, 0.2) is 6.10 Å². The molecule has 0 saturated heterocycles. The zero-order valence-corrected chi connectivity index (χ0v) is 27.8. The Morgan fingerprint density at radius 3 is 1.14 bits per heavy atom. The van der Waals surface area contributed by atoms with Crippen LogP contribution in [-0.2, 0) is 14.3 Å². The Morgan fingerprint density at radius 2 is 0.786 bits per heavy atom. The van der Waals surface area contributed by atoms with Crippen LogP contribution < -0.4 is 0 Å². The predicted molar refractivity (Wildman–Crippen MR) is 175 cm³/mol. The summed E-state index contributed by atoms with van der Waals surface area (Å²) in [5.74, 6) is -1.43. The van der Waals surface area contributed by atoms with Gasteiger partial charge in [0, 0.05) is 6.42 Å². The van der Waals surface area contributed by atoms with E-state index >= 15 is 0 Å². The summed E-state index contributed by atoms with van der Waals surface area (Å²) in [7, 11) is 0. The molecule has 0 aliphatic carbocycles. The normalized spacial score (nSPS) is 13.6. The summed E-state index contributed by atoms with van der Waals surface area (Å²) in [5.41, 5.74) is 0. The van der Waals surface area contributed by atoms with E-state index in [9.17, 15) is 24.9 Å². The molecule has 3 atom stereocenters. The van der Waals surface area contributed by atoms with Crippen molar-refractivity contribution in [1.82, 2.24) is 0 Å². The van der Waals surface area contributed by atoms with E-state index in [1.807, 2.05) is 0 Å². The first kappa shape index (κ1) is 40.9. The van der Waals surface area contributed by atoms with Crippen molar-refractivity contribution in [2.45, 2.75) is 218 Å². The van der Waals surface area contributed by atoms with Gasteiger partial charge in [-0.15, -0.1) is 0 Å². The van der Waals surface area contributed by atoms with Crippen LogP contribution in [0.5, 0.6) is 0 Å². The minimum Gasteiger partial charge on any atom is -0.479 e. The van der Waals surface area contributed by atoms with Gasteiger partial charge in [-0.3, -0.25) is 4.79 Å². The third-order valence-corrected chi connectivity index (χ3v) is 8.50. The first-order valence-corrected chi connectivity index (χ1v) is 18.2. The summed E-state index contributed by atoms with van der Waals surface area (Å²) in [6, 6.07) is 0. The average Bonchev–Trinajstić information content (AvgIpc) is 2.96. The van der Waals surface area contributed by atoms with Gasteiger partial charge in [-0.25, -0.2) is 4.79 Å². The fourth-order valence-corrected chi connectivity index (χ4v) is 5.66. The maximum absolute atomic E-state index is 12.2. The SMILES string of the molecule is CCCCCCC(O)CCCCCCCCCCC(=O)OC(CCCCCCCCCC(O)CCCCCC)C(=O)O. The van der Waals surface area contributed by atoms with Crippen molar-refractivity contribution in [3.05, 3.63) is 0 Å². The third kappa shape index (κ3) is 29.0. The second-order valence-corrected chi connectivity index (χ2v) is 12.7. The minimum absolute atomic E-state index is 0.126.